The van der Waals surface area contributed by atoms with Gasteiger partial charge in [0, 0.05) is 22.0 Å². The maximum absolute atomic E-state index is 12.4. The van der Waals surface area contributed by atoms with Crippen molar-refractivity contribution in [3.8, 4) is 16.9 Å². The number of nitrogens with one attached hydrogen (secondary N) is 2. The van der Waals surface area contributed by atoms with Gasteiger partial charge in [0.2, 0.25) is 0 Å². The Hall–Kier alpha value is -3.12. The summed E-state index contributed by atoms with van der Waals surface area (Å²) in [6.07, 6.45) is 0.827. The van der Waals surface area contributed by atoms with Gasteiger partial charge in [-0.2, -0.15) is 0 Å². The van der Waals surface area contributed by atoms with Gasteiger partial charge >= 0.3 is 0 Å². The Morgan fingerprint density at radius 2 is 2.00 bits per heavy atom. The molecule has 2 heterocycles. The number of fused-ring (bicyclic) bond motifs is 3. The molecular formula is C21H18N2O3S. The Morgan fingerprint density at radius 3 is 2.70 bits per heavy atom. The van der Waals surface area contributed by atoms with E-state index in [1.165, 1.54) is 11.3 Å². The Labute approximate surface area is 159 Å². The highest BCUT2D eigenvalue weighted by atomic mass is 32.1. The second kappa shape index (κ2) is 6.89. The lowest BCUT2D eigenvalue weighted by Gasteiger charge is -2.16. The maximum atomic E-state index is 12.4. The Balaban J connectivity index is 2.04. The van der Waals surface area contributed by atoms with Crippen LogP contribution in [0.15, 0.2) is 46.6 Å². The molecule has 0 saturated heterocycles. The third kappa shape index (κ3) is 2.88. The van der Waals surface area contributed by atoms with E-state index in [0.29, 0.717) is 4.70 Å². The third-order valence-corrected chi connectivity index (χ3v) is 5.56. The quantitative estimate of drug-likeness (QED) is 0.507. The minimum Gasteiger partial charge on any atom is -0.496 e. The lowest BCUT2D eigenvalue weighted by molar-refractivity contribution is -0.106. The molecular weight excluding hydrogens is 360 g/mol. The number of methoxy groups -OCH3 is 1. The maximum Gasteiger partial charge on any atom is 0.266 e. The molecule has 0 aliphatic rings. The molecule has 0 unspecified atom stereocenters. The van der Waals surface area contributed by atoms with Gasteiger partial charge in [-0.3, -0.25) is 4.79 Å². The largest absolute Gasteiger partial charge is 0.496 e. The van der Waals surface area contributed by atoms with E-state index in [2.05, 4.69) is 10.3 Å². The highest BCUT2D eigenvalue weighted by Crippen LogP contribution is 2.41. The van der Waals surface area contributed by atoms with E-state index in [1.54, 1.807) is 7.11 Å². The monoisotopic (exact) mass is 378 g/mol. The fraction of sp³-hybridized carbons (Fsp3) is 0.143. The van der Waals surface area contributed by atoms with Gasteiger partial charge in [-0.05, 0) is 47.7 Å². The highest BCUT2D eigenvalue weighted by molar-refractivity contribution is 7.17. The zero-order valence-electron chi connectivity index (χ0n) is 15.0. The van der Waals surface area contributed by atoms with Crippen molar-refractivity contribution in [3.05, 3.63) is 57.7 Å². The predicted octanol–water partition coefficient (Wildman–Crippen LogP) is 4.34. The van der Waals surface area contributed by atoms with Gasteiger partial charge in [0.1, 0.15) is 16.7 Å². The van der Waals surface area contributed by atoms with E-state index < -0.39 is 0 Å². The van der Waals surface area contributed by atoms with Gasteiger partial charge in [0.25, 0.3) is 5.56 Å². The van der Waals surface area contributed by atoms with Crippen molar-refractivity contribution in [1.29, 1.82) is 0 Å². The molecule has 4 aromatic rings. The molecule has 2 N–H and O–H groups in total. The number of carbonyl (C=O) groups is 1. The molecule has 0 amide bonds. The van der Waals surface area contributed by atoms with Crippen LogP contribution in [0.5, 0.6) is 5.75 Å². The fourth-order valence-corrected chi connectivity index (χ4v) is 4.23. The molecule has 0 atom stereocenters. The second-order valence-corrected chi connectivity index (χ2v) is 7.18. The van der Waals surface area contributed by atoms with E-state index in [9.17, 15) is 9.59 Å². The summed E-state index contributed by atoms with van der Waals surface area (Å²) >= 11 is 1.44. The SMILES string of the molecule is COc1cc(C)c2[nH]c(=O)c3sccc3c2c1-c1ccc(NCC=O)cc1. The number of ether oxygens (including phenoxy) is 1. The van der Waals surface area contributed by atoms with Crippen molar-refractivity contribution < 1.29 is 9.53 Å². The Kier molecular flexibility index (Phi) is 4.41. The molecule has 0 bridgehead atoms. The first-order chi connectivity index (χ1) is 13.1. The molecule has 27 heavy (non-hydrogen) atoms. The Bertz CT molecular complexity index is 1210. The molecule has 0 saturated carbocycles. The lowest BCUT2D eigenvalue weighted by Crippen LogP contribution is -2.06. The summed E-state index contributed by atoms with van der Waals surface area (Å²) in [7, 11) is 1.65. The van der Waals surface area contributed by atoms with Crippen LogP contribution in [-0.2, 0) is 4.79 Å². The van der Waals surface area contributed by atoms with Crippen LogP contribution in [0.25, 0.3) is 32.1 Å². The number of aryl methyl sites for hydroxylation is 1. The molecule has 0 radical (unpaired) electrons. The van der Waals surface area contributed by atoms with Gasteiger partial charge in [-0.25, -0.2) is 0 Å². The molecule has 2 aromatic carbocycles. The van der Waals surface area contributed by atoms with E-state index in [-0.39, 0.29) is 12.1 Å². The average Bonchev–Trinajstić information content (AvgIpc) is 3.18. The van der Waals surface area contributed by atoms with Crippen molar-refractivity contribution >= 4 is 44.3 Å². The van der Waals surface area contributed by atoms with Crippen LogP contribution in [0.1, 0.15) is 5.56 Å². The smallest absolute Gasteiger partial charge is 0.266 e. The molecule has 0 fully saturated rings. The van der Waals surface area contributed by atoms with Gasteiger partial charge in [-0.1, -0.05) is 12.1 Å². The van der Waals surface area contributed by atoms with E-state index in [1.807, 2.05) is 48.7 Å². The first-order valence-electron chi connectivity index (χ1n) is 8.52. The number of rotatable bonds is 5. The van der Waals surface area contributed by atoms with Gasteiger partial charge in [0.15, 0.2) is 0 Å². The topological polar surface area (TPSA) is 71.2 Å². The summed E-state index contributed by atoms with van der Waals surface area (Å²) in [6, 6.07) is 11.8. The third-order valence-electron chi connectivity index (χ3n) is 4.65. The van der Waals surface area contributed by atoms with Crippen molar-refractivity contribution in [3.63, 3.8) is 0 Å². The van der Waals surface area contributed by atoms with E-state index in [0.717, 1.165) is 50.7 Å². The number of pyridine rings is 1. The molecule has 5 nitrogen and oxygen atoms in total. The number of carbonyl (C=O) groups excluding carboxylic acids is 1. The first-order valence-corrected chi connectivity index (χ1v) is 9.40. The van der Waals surface area contributed by atoms with Gasteiger partial charge in [0.05, 0.1) is 19.2 Å². The standard InChI is InChI=1S/C21H18N2O3S/c1-12-11-16(26-2)17(13-3-5-14(6-4-13)22-8-9-24)18-15-7-10-27-20(15)21(25)23-19(12)18/h3-7,9-11,22H,8H2,1-2H3,(H,23,25). The summed E-state index contributed by atoms with van der Waals surface area (Å²) in [6.45, 7) is 2.24. The van der Waals surface area contributed by atoms with Crippen LogP contribution in [-0.4, -0.2) is 24.9 Å². The number of H-pyrrole nitrogens is 1. The van der Waals surface area contributed by atoms with Crippen molar-refractivity contribution in [2.45, 2.75) is 6.92 Å². The summed E-state index contributed by atoms with van der Waals surface area (Å²) in [5, 5.41) is 6.88. The summed E-state index contributed by atoms with van der Waals surface area (Å²) in [5.41, 5.74) is 4.51. The van der Waals surface area contributed by atoms with Crippen LogP contribution in [0.2, 0.25) is 0 Å². The fourth-order valence-electron chi connectivity index (χ4n) is 3.43. The van der Waals surface area contributed by atoms with Crippen LogP contribution >= 0.6 is 11.3 Å². The summed E-state index contributed by atoms with van der Waals surface area (Å²) in [5.74, 6) is 0.758. The molecule has 2 aromatic heterocycles. The van der Waals surface area contributed by atoms with E-state index in [4.69, 9.17) is 4.74 Å². The zero-order valence-corrected chi connectivity index (χ0v) is 15.8. The number of thiophene rings is 1. The number of aromatic amines is 1. The van der Waals surface area contributed by atoms with Gasteiger partial charge in [-0.15, -0.1) is 11.3 Å². The van der Waals surface area contributed by atoms with Crippen molar-refractivity contribution in [2.24, 2.45) is 0 Å². The van der Waals surface area contributed by atoms with Gasteiger partial charge < -0.3 is 19.8 Å². The average molecular weight is 378 g/mol. The second-order valence-electron chi connectivity index (χ2n) is 6.26. The lowest BCUT2D eigenvalue weighted by atomic mass is 9.95. The van der Waals surface area contributed by atoms with Crippen LogP contribution < -0.4 is 15.6 Å². The number of hydrogen-bond donors (Lipinski definition) is 2. The molecule has 0 aliphatic carbocycles. The van der Waals surface area contributed by atoms with Crippen LogP contribution in [0.3, 0.4) is 0 Å². The predicted molar refractivity (Wildman–Crippen MR) is 111 cm³/mol. The molecule has 0 aliphatic heterocycles. The number of benzene rings is 2. The number of anilines is 1. The number of hydrogen-bond acceptors (Lipinski definition) is 5. The highest BCUT2D eigenvalue weighted by Gasteiger charge is 2.18. The van der Waals surface area contributed by atoms with Crippen molar-refractivity contribution in [2.75, 3.05) is 19.0 Å². The number of aldehydes is 1. The molecule has 6 heteroatoms. The molecule has 0 spiro atoms. The normalized spacial score (nSPS) is 11.0. The zero-order chi connectivity index (χ0) is 19.0. The van der Waals surface area contributed by atoms with E-state index >= 15 is 0 Å². The number of aromatic nitrogens is 1. The van der Waals surface area contributed by atoms with Crippen LogP contribution in [0, 0.1) is 6.92 Å². The summed E-state index contributed by atoms with van der Waals surface area (Å²) in [4.78, 5) is 26.0. The minimum absolute atomic E-state index is 0.0693. The Morgan fingerprint density at radius 1 is 1.22 bits per heavy atom. The molecule has 4 rings (SSSR count). The minimum atomic E-state index is -0.0693. The summed E-state index contributed by atoms with van der Waals surface area (Å²) < 4.78 is 6.40. The van der Waals surface area contributed by atoms with Crippen LogP contribution in [0.4, 0.5) is 5.69 Å². The first kappa shape index (κ1) is 17.3. The molecule has 136 valence electrons. The van der Waals surface area contributed by atoms with Crippen molar-refractivity contribution in [1.82, 2.24) is 4.98 Å².